The number of aliphatic carboxylic acids is 1. The van der Waals surface area contributed by atoms with E-state index < -0.39 is 5.97 Å². The molecule has 124 valence electrons. The largest absolute Gasteiger partial charge is 0.490 e. The maximum absolute atomic E-state index is 12.5. The van der Waals surface area contributed by atoms with Crippen LogP contribution >= 0.6 is 11.6 Å². The highest BCUT2D eigenvalue weighted by atomic mass is 35.5. The number of halogens is 1. The molecule has 0 aliphatic carbocycles. The van der Waals surface area contributed by atoms with Crippen LogP contribution in [0.5, 0.6) is 5.75 Å². The summed E-state index contributed by atoms with van der Waals surface area (Å²) in [5.41, 5.74) is 0.831. The second-order valence-corrected chi connectivity index (χ2v) is 6.31. The van der Waals surface area contributed by atoms with Crippen LogP contribution in [0.15, 0.2) is 18.2 Å². The predicted octanol–water partition coefficient (Wildman–Crippen LogP) is 1.86. The van der Waals surface area contributed by atoms with E-state index in [9.17, 15) is 9.59 Å². The second kappa shape index (κ2) is 6.66. The summed E-state index contributed by atoms with van der Waals surface area (Å²) in [6.07, 6.45) is 1.04. The minimum Gasteiger partial charge on any atom is -0.490 e. The number of carbonyl (C=O) groups is 2. The molecule has 7 heteroatoms. The lowest BCUT2D eigenvalue weighted by Gasteiger charge is -2.35. The smallest absolute Gasteiger partial charge is 0.306 e. The van der Waals surface area contributed by atoms with Crippen LogP contribution in [0.25, 0.3) is 0 Å². The Morgan fingerprint density at radius 3 is 2.70 bits per heavy atom. The van der Waals surface area contributed by atoms with Gasteiger partial charge in [-0.1, -0.05) is 11.6 Å². The van der Waals surface area contributed by atoms with Gasteiger partial charge >= 0.3 is 5.97 Å². The first-order valence-corrected chi connectivity index (χ1v) is 8.10. The summed E-state index contributed by atoms with van der Waals surface area (Å²) in [6, 6.07) is 5.38. The normalized spacial score (nSPS) is 18.3. The number of ether oxygens (including phenoxy) is 1. The number of carbonyl (C=O) groups excluding carboxylic acids is 1. The molecule has 2 aliphatic rings. The molecule has 1 amide bonds. The Hall–Kier alpha value is -1.95. The molecule has 3 rings (SSSR count). The maximum Gasteiger partial charge on any atom is 0.306 e. The van der Waals surface area contributed by atoms with Gasteiger partial charge in [0, 0.05) is 18.1 Å². The van der Waals surface area contributed by atoms with Crippen molar-refractivity contribution in [2.45, 2.75) is 12.8 Å². The molecular formula is C16H19ClN2O4. The van der Waals surface area contributed by atoms with Crippen LogP contribution in [0.3, 0.4) is 0 Å². The van der Waals surface area contributed by atoms with E-state index in [1.807, 2.05) is 11.0 Å². The van der Waals surface area contributed by atoms with E-state index >= 15 is 0 Å². The zero-order valence-electron chi connectivity index (χ0n) is 12.7. The minimum atomic E-state index is -0.770. The molecule has 1 aromatic rings. The second-order valence-electron chi connectivity index (χ2n) is 5.88. The number of piperidine rings is 1. The summed E-state index contributed by atoms with van der Waals surface area (Å²) < 4.78 is 5.59. The highest BCUT2D eigenvalue weighted by Gasteiger charge is 2.29. The van der Waals surface area contributed by atoms with Gasteiger partial charge in [0.05, 0.1) is 24.7 Å². The fraction of sp³-hybridized carbons (Fsp3) is 0.500. The van der Waals surface area contributed by atoms with Gasteiger partial charge in [-0.25, -0.2) is 0 Å². The van der Waals surface area contributed by atoms with Gasteiger partial charge in [-0.05, 0) is 31.0 Å². The van der Waals surface area contributed by atoms with E-state index in [0.29, 0.717) is 44.1 Å². The van der Waals surface area contributed by atoms with Crippen LogP contribution in [0, 0.1) is 5.92 Å². The van der Waals surface area contributed by atoms with Crippen molar-refractivity contribution in [3.8, 4) is 5.75 Å². The van der Waals surface area contributed by atoms with Crippen LogP contribution in [0.2, 0.25) is 5.02 Å². The topological polar surface area (TPSA) is 70.1 Å². The predicted molar refractivity (Wildman–Crippen MR) is 86.1 cm³/mol. The SMILES string of the molecule is O=C(O)C1CCN(C(=O)CN2CCOc3ccc(Cl)cc32)CC1. The molecule has 0 radical (unpaired) electrons. The Morgan fingerprint density at radius 2 is 2.00 bits per heavy atom. The average Bonchev–Trinajstić information content (AvgIpc) is 2.55. The van der Waals surface area contributed by atoms with Gasteiger partial charge in [0.1, 0.15) is 12.4 Å². The van der Waals surface area contributed by atoms with Gasteiger partial charge < -0.3 is 19.6 Å². The molecule has 1 fully saturated rings. The Balaban J connectivity index is 1.63. The molecule has 2 heterocycles. The van der Waals surface area contributed by atoms with Crippen LogP contribution in [-0.2, 0) is 9.59 Å². The first-order chi connectivity index (χ1) is 11.0. The number of amides is 1. The Labute approximate surface area is 139 Å². The number of hydrogen-bond acceptors (Lipinski definition) is 4. The Morgan fingerprint density at radius 1 is 1.26 bits per heavy atom. The zero-order valence-corrected chi connectivity index (χ0v) is 13.5. The summed E-state index contributed by atoms with van der Waals surface area (Å²) >= 11 is 6.04. The van der Waals surface area contributed by atoms with Crippen molar-refractivity contribution in [1.82, 2.24) is 4.90 Å². The number of hydrogen-bond donors (Lipinski definition) is 1. The van der Waals surface area contributed by atoms with Gasteiger partial charge in [0.15, 0.2) is 0 Å². The number of likely N-dealkylation sites (tertiary alicyclic amines) is 1. The number of nitrogens with zero attached hydrogens (tertiary/aromatic N) is 2. The zero-order chi connectivity index (χ0) is 16.4. The third-order valence-corrected chi connectivity index (χ3v) is 4.64. The first kappa shape index (κ1) is 15.9. The summed E-state index contributed by atoms with van der Waals surface area (Å²) in [7, 11) is 0. The molecule has 0 unspecified atom stereocenters. The van der Waals surface area contributed by atoms with Crippen LogP contribution in [0.1, 0.15) is 12.8 Å². The van der Waals surface area contributed by atoms with E-state index in [0.717, 1.165) is 11.4 Å². The summed E-state index contributed by atoms with van der Waals surface area (Å²) in [6.45, 7) is 2.42. The summed E-state index contributed by atoms with van der Waals surface area (Å²) in [4.78, 5) is 27.2. The van der Waals surface area contributed by atoms with Crippen molar-refractivity contribution in [3.63, 3.8) is 0 Å². The fourth-order valence-corrected chi connectivity index (χ4v) is 3.22. The standard InChI is InChI=1S/C16H19ClN2O4/c17-12-1-2-14-13(9-12)19(7-8-23-14)10-15(20)18-5-3-11(4-6-18)16(21)22/h1-2,9,11H,3-8,10H2,(H,21,22). The molecule has 1 saturated heterocycles. The van der Waals surface area contributed by atoms with Gasteiger partial charge in [0.2, 0.25) is 5.91 Å². The van der Waals surface area contributed by atoms with Crippen LogP contribution < -0.4 is 9.64 Å². The van der Waals surface area contributed by atoms with E-state index in [1.54, 1.807) is 17.0 Å². The minimum absolute atomic E-state index is 0.0154. The lowest BCUT2D eigenvalue weighted by molar-refractivity contribution is -0.145. The average molecular weight is 339 g/mol. The molecule has 0 saturated carbocycles. The molecule has 23 heavy (non-hydrogen) atoms. The molecule has 1 N–H and O–H groups in total. The van der Waals surface area contributed by atoms with E-state index in [4.69, 9.17) is 21.4 Å². The maximum atomic E-state index is 12.5. The van der Waals surface area contributed by atoms with Crippen molar-refractivity contribution >= 4 is 29.2 Å². The van der Waals surface area contributed by atoms with Crippen molar-refractivity contribution in [1.29, 1.82) is 0 Å². The number of fused-ring (bicyclic) bond motifs is 1. The van der Waals surface area contributed by atoms with Gasteiger partial charge in [-0.2, -0.15) is 0 Å². The Bertz CT molecular complexity index is 614. The lowest BCUT2D eigenvalue weighted by Crippen LogP contribution is -2.46. The van der Waals surface area contributed by atoms with Crippen molar-refractivity contribution in [2.24, 2.45) is 5.92 Å². The molecule has 1 aromatic carbocycles. The third-order valence-electron chi connectivity index (χ3n) is 4.40. The molecule has 0 spiro atoms. The van der Waals surface area contributed by atoms with E-state index in [-0.39, 0.29) is 18.4 Å². The summed E-state index contributed by atoms with van der Waals surface area (Å²) in [5.74, 6) is -0.351. The number of carboxylic acids is 1. The lowest BCUT2D eigenvalue weighted by atomic mass is 9.97. The number of benzene rings is 1. The monoisotopic (exact) mass is 338 g/mol. The molecule has 0 atom stereocenters. The molecular weight excluding hydrogens is 320 g/mol. The highest BCUT2D eigenvalue weighted by molar-refractivity contribution is 6.31. The van der Waals surface area contributed by atoms with E-state index in [2.05, 4.69) is 0 Å². The van der Waals surface area contributed by atoms with Gasteiger partial charge in [0.25, 0.3) is 0 Å². The highest BCUT2D eigenvalue weighted by Crippen LogP contribution is 2.34. The van der Waals surface area contributed by atoms with Gasteiger partial charge in [-0.3, -0.25) is 9.59 Å². The van der Waals surface area contributed by atoms with E-state index in [1.165, 1.54) is 0 Å². The molecule has 0 aromatic heterocycles. The third kappa shape index (κ3) is 3.52. The Kier molecular flexibility index (Phi) is 4.61. The number of carboxylic acid groups (broad SMARTS) is 1. The summed E-state index contributed by atoms with van der Waals surface area (Å²) in [5, 5.41) is 9.63. The number of anilines is 1. The molecule has 2 aliphatic heterocycles. The van der Waals surface area contributed by atoms with Gasteiger partial charge in [-0.15, -0.1) is 0 Å². The van der Waals surface area contributed by atoms with Crippen LogP contribution in [0.4, 0.5) is 5.69 Å². The molecule has 6 nitrogen and oxygen atoms in total. The quantitative estimate of drug-likeness (QED) is 0.911. The van der Waals surface area contributed by atoms with Crippen molar-refractivity contribution < 1.29 is 19.4 Å². The van der Waals surface area contributed by atoms with Crippen molar-refractivity contribution in [2.75, 3.05) is 37.7 Å². The van der Waals surface area contributed by atoms with Crippen molar-refractivity contribution in [3.05, 3.63) is 23.2 Å². The first-order valence-electron chi connectivity index (χ1n) is 7.72. The number of rotatable bonds is 3. The fourth-order valence-electron chi connectivity index (χ4n) is 3.05. The van der Waals surface area contributed by atoms with Crippen LogP contribution in [-0.4, -0.2) is 54.7 Å². The molecule has 0 bridgehead atoms.